The van der Waals surface area contributed by atoms with Crippen molar-refractivity contribution in [2.75, 3.05) is 7.11 Å². The van der Waals surface area contributed by atoms with Gasteiger partial charge < -0.3 is 15.2 Å². The fourth-order valence-corrected chi connectivity index (χ4v) is 2.72. The Kier molecular flexibility index (Phi) is 5.35. The lowest BCUT2D eigenvalue weighted by atomic mass is 10.0. The summed E-state index contributed by atoms with van der Waals surface area (Å²) in [5.41, 5.74) is 9.17. The second-order valence-corrected chi connectivity index (χ2v) is 6.03. The summed E-state index contributed by atoms with van der Waals surface area (Å²) in [7, 11) is 1.41. The van der Waals surface area contributed by atoms with Crippen molar-refractivity contribution in [3.63, 3.8) is 0 Å². The number of carbonyl (C=O) groups excluding carboxylic acids is 1. The maximum atomic E-state index is 13.5. The predicted molar refractivity (Wildman–Crippen MR) is 100 cm³/mol. The smallest absolute Gasteiger partial charge is 0.248 e. The van der Waals surface area contributed by atoms with E-state index < -0.39 is 11.7 Å². The van der Waals surface area contributed by atoms with Crippen LogP contribution >= 0.6 is 0 Å². The van der Waals surface area contributed by atoms with Crippen molar-refractivity contribution in [3.8, 4) is 22.8 Å². The molecule has 0 unspecified atom stereocenters. The summed E-state index contributed by atoms with van der Waals surface area (Å²) < 4.78 is 24.1. The molecule has 27 heavy (non-hydrogen) atoms. The van der Waals surface area contributed by atoms with E-state index in [1.807, 2.05) is 31.2 Å². The average Bonchev–Trinajstić information content (AvgIpc) is 2.67. The van der Waals surface area contributed by atoms with Crippen LogP contribution in [0.4, 0.5) is 4.39 Å². The Morgan fingerprint density at radius 2 is 1.96 bits per heavy atom. The molecule has 2 N–H and O–H groups in total. The van der Waals surface area contributed by atoms with E-state index in [0.29, 0.717) is 17.9 Å². The van der Waals surface area contributed by atoms with Crippen LogP contribution in [0.5, 0.6) is 11.5 Å². The molecule has 6 heteroatoms. The minimum absolute atomic E-state index is 0.132. The van der Waals surface area contributed by atoms with E-state index in [-0.39, 0.29) is 5.75 Å². The largest absolute Gasteiger partial charge is 0.494 e. The van der Waals surface area contributed by atoms with Crippen molar-refractivity contribution < 1.29 is 18.7 Å². The fraction of sp³-hybridized carbons (Fsp3) is 0.143. The Labute approximate surface area is 156 Å². The number of hydrogen-bond donors (Lipinski definition) is 1. The lowest BCUT2D eigenvalue weighted by Gasteiger charge is -2.10. The lowest BCUT2D eigenvalue weighted by Crippen LogP contribution is -2.12. The second kappa shape index (κ2) is 7.86. The maximum Gasteiger partial charge on any atom is 0.248 e. The minimum atomic E-state index is -0.455. The quantitative estimate of drug-likeness (QED) is 0.718. The van der Waals surface area contributed by atoms with Crippen LogP contribution in [0.25, 0.3) is 11.3 Å². The number of methoxy groups -OCH3 is 1. The highest BCUT2D eigenvalue weighted by Gasteiger charge is 2.09. The van der Waals surface area contributed by atoms with Gasteiger partial charge in [-0.3, -0.25) is 9.78 Å². The average molecular weight is 366 g/mol. The third kappa shape index (κ3) is 4.23. The first kappa shape index (κ1) is 18.4. The van der Waals surface area contributed by atoms with E-state index in [0.717, 1.165) is 22.4 Å². The van der Waals surface area contributed by atoms with Gasteiger partial charge in [-0.25, -0.2) is 4.39 Å². The van der Waals surface area contributed by atoms with Crippen molar-refractivity contribution in [1.82, 2.24) is 4.98 Å². The van der Waals surface area contributed by atoms with Crippen LogP contribution in [0.1, 0.15) is 21.5 Å². The topological polar surface area (TPSA) is 74.4 Å². The van der Waals surface area contributed by atoms with Crippen molar-refractivity contribution in [1.29, 1.82) is 0 Å². The first-order chi connectivity index (χ1) is 13.0. The highest BCUT2D eigenvalue weighted by Crippen LogP contribution is 2.25. The van der Waals surface area contributed by atoms with Crippen molar-refractivity contribution in [2.24, 2.45) is 5.73 Å². The van der Waals surface area contributed by atoms with Crippen LogP contribution in [-0.4, -0.2) is 18.0 Å². The number of pyridine rings is 1. The molecule has 0 saturated heterocycles. The Morgan fingerprint density at radius 3 is 2.67 bits per heavy atom. The molecular weight excluding hydrogens is 347 g/mol. The van der Waals surface area contributed by atoms with Gasteiger partial charge in [0.05, 0.1) is 12.8 Å². The first-order valence-corrected chi connectivity index (χ1v) is 8.30. The van der Waals surface area contributed by atoms with Gasteiger partial charge in [0.25, 0.3) is 0 Å². The Balaban J connectivity index is 1.78. The molecule has 0 spiro atoms. The molecule has 0 fully saturated rings. The van der Waals surface area contributed by atoms with E-state index in [1.54, 1.807) is 18.3 Å². The summed E-state index contributed by atoms with van der Waals surface area (Å²) in [5, 5.41) is 0. The van der Waals surface area contributed by atoms with E-state index >= 15 is 0 Å². The number of primary amides is 1. The molecule has 3 rings (SSSR count). The van der Waals surface area contributed by atoms with E-state index in [2.05, 4.69) is 4.98 Å². The zero-order chi connectivity index (χ0) is 19.4. The number of aromatic nitrogens is 1. The van der Waals surface area contributed by atoms with Crippen molar-refractivity contribution >= 4 is 5.91 Å². The zero-order valence-corrected chi connectivity index (χ0v) is 15.0. The molecule has 1 amide bonds. The molecule has 2 aromatic carbocycles. The normalized spacial score (nSPS) is 10.5. The molecule has 5 nitrogen and oxygen atoms in total. The first-order valence-electron chi connectivity index (χ1n) is 8.30. The molecule has 0 atom stereocenters. The number of hydrogen-bond acceptors (Lipinski definition) is 4. The predicted octanol–water partition coefficient (Wildman–Crippen LogP) is 3.88. The van der Waals surface area contributed by atoms with Gasteiger partial charge in [-0.2, -0.15) is 0 Å². The van der Waals surface area contributed by atoms with E-state index in [4.69, 9.17) is 15.2 Å². The molecule has 0 radical (unpaired) electrons. The molecule has 0 aliphatic rings. The number of amides is 1. The Hall–Kier alpha value is -3.41. The van der Waals surface area contributed by atoms with Crippen LogP contribution in [-0.2, 0) is 6.61 Å². The third-order valence-electron chi connectivity index (χ3n) is 4.14. The molecule has 0 aliphatic heterocycles. The van der Waals surface area contributed by atoms with Gasteiger partial charge in [-0.1, -0.05) is 6.07 Å². The van der Waals surface area contributed by atoms with Gasteiger partial charge in [0.15, 0.2) is 11.6 Å². The molecule has 3 aromatic rings. The van der Waals surface area contributed by atoms with E-state index in [1.165, 1.54) is 19.2 Å². The van der Waals surface area contributed by atoms with Crippen LogP contribution in [0.2, 0.25) is 0 Å². The lowest BCUT2D eigenvalue weighted by molar-refractivity contribution is 0.0999. The number of nitrogens with zero attached hydrogens (tertiary/aromatic N) is 1. The van der Waals surface area contributed by atoms with Crippen LogP contribution in [0.15, 0.2) is 54.7 Å². The van der Waals surface area contributed by atoms with Crippen LogP contribution in [0.3, 0.4) is 0 Å². The molecular formula is C21H19FN2O3. The van der Waals surface area contributed by atoms with Gasteiger partial charge in [0, 0.05) is 23.4 Å². The summed E-state index contributed by atoms with van der Waals surface area (Å²) in [5.74, 6) is -0.254. The van der Waals surface area contributed by atoms with Gasteiger partial charge in [-0.05, 0) is 54.4 Å². The summed E-state index contributed by atoms with van der Waals surface area (Å²) >= 11 is 0. The van der Waals surface area contributed by atoms with Crippen LogP contribution in [0, 0.1) is 12.7 Å². The number of nitrogens with two attached hydrogens (primary N) is 1. The second-order valence-electron chi connectivity index (χ2n) is 6.03. The van der Waals surface area contributed by atoms with Crippen molar-refractivity contribution in [2.45, 2.75) is 13.5 Å². The number of halogens is 1. The minimum Gasteiger partial charge on any atom is -0.494 e. The SMILES string of the molecule is COc1cc(OCc2ccnc(-c3ccc(C(N)=O)c(C)c3)c2)ccc1F. The zero-order valence-electron chi connectivity index (χ0n) is 15.0. The summed E-state index contributed by atoms with van der Waals surface area (Å²) in [6.07, 6.45) is 1.69. The highest BCUT2D eigenvalue weighted by atomic mass is 19.1. The molecule has 138 valence electrons. The molecule has 0 aliphatic carbocycles. The summed E-state index contributed by atoms with van der Waals surface area (Å²) in [6.45, 7) is 2.13. The van der Waals surface area contributed by atoms with Gasteiger partial charge in [-0.15, -0.1) is 0 Å². The number of benzene rings is 2. The molecule has 0 saturated carbocycles. The summed E-state index contributed by atoms with van der Waals surface area (Å²) in [6, 6.07) is 13.5. The Morgan fingerprint density at radius 1 is 1.15 bits per heavy atom. The summed E-state index contributed by atoms with van der Waals surface area (Å²) in [4.78, 5) is 15.7. The van der Waals surface area contributed by atoms with Gasteiger partial charge in [0.1, 0.15) is 12.4 Å². The van der Waals surface area contributed by atoms with Crippen LogP contribution < -0.4 is 15.2 Å². The van der Waals surface area contributed by atoms with Gasteiger partial charge >= 0.3 is 0 Å². The Bertz CT molecular complexity index is 989. The van der Waals surface area contributed by atoms with E-state index in [9.17, 15) is 9.18 Å². The monoisotopic (exact) mass is 366 g/mol. The number of aryl methyl sites for hydroxylation is 1. The third-order valence-corrected chi connectivity index (χ3v) is 4.14. The molecule has 1 aromatic heterocycles. The van der Waals surface area contributed by atoms with Gasteiger partial charge in [0.2, 0.25) is 5.91 Å². The molecule has 0 bridgehead atoms. The van der Waals surface area contributed by atoms with Crippen molar-refractivity contribution in [3.05, 3.63) is 77.2 Å². The number of carbonyl (C=O) groups is 1. The highest BCUT2D eigenvalue weighted by molar-refractivity contribution is 5.94. The molecule has 1 heterocycles. The maximum absolute atomic E-state index is 13.5. The standard InChI is InChI=1S/C21H19FN2O3/c1-13-9-15(3-5-17(13)21(23)25)19-10-14(7-8-24-19)12-27-16-4-6-18(22)20(11-16)26-2/h3-11H,12H2,1-2H3,(H2,23,25). The fourth-order valence-electron chi connectivity index (χ4n) is 2.72. The number of rotatable bonds is 6. The number of ether oxygens (including phenoxy) is 2.